The van der Waals surface area contributed by atoms with Gasteiger partial charge in [-0.15, -0.1) is 0 Å². The molecule has 5 nitrogen and oxygen atoms in total. The fraction of sp³-hybridized carbons (Fsp3) is 0.200. The average molecular weight is 275 g/mol. The number of para-hydroxylation sites is 2. The highest BCUT2D eigenvalue weighted by Gasteiger charge is 2.15. The van der Waals surface area contributed by atoms with Gasteiger partial charge in [-0.25, -0.2) is 0 Å². The number of methoxy groups -OCH3 is 3. The van der Waals surface area contributed by atoms with Gasteiger partial charge in [0.2, 0.25) is 5.75 Å². The molecule has 0 atom stereocenters. The lowest BCUT2D eigenvalue weighted by Gasteiger charge is -2.15. The topological polar surface area (TPSA) is 62.9 Å². The number of hydrogen-bond donors (Lipinski definition) is 1. The first-order valence-corrected chi connectivity index (χ1v) is 6.02. The van der Waals surface area contributed by atoms with Crippen LogP contribution in [0.25, 0.3) is 0 Å². The van der Waals surface area contributed by atoms with Gasteiger partial charge in [0, 0.05) is 0 Å². The lowest BCUT2D eigenvalue weighted by atomic mass is 10.2. The van der Waals surface area contributed by atoms with E-state index in [4.69, 9.17) is 24.7 Å². The second kappa shape index (κ2) is 6.06. The predicted octanol–water partition coefficient (Wildman–Crippen LogP) is 3.09. The van der Waals surface area contributed by atoms with Crippen molar-refractivity contribution in [1.29, 1.82) is 0 Å². The molecule has 0 amide bonds. The summed E-state index contributed by atoms with van der Waals surface area (Å²) in [6.07, 6.45) is 0. The number of benzene rings is 2. The minimum absolute atomic E-state index is 0.419. The smallest absolute Gasteiger partial charge is 0.211 e. The Hall–Kier alpha value is -2.56. The van der Waals surface area contributed by atoms with Crippen LogP contribution < -0.4 is 24.7 Å². The molecule has 2 N–H and O–H groups in total. The van der Waals surface area contributed by atoms with Crippen LogP contribution in [-0.2, 0) is 0 Å². The fourth-order valence-corrected chi connectivity index (χ4v) is 1.82. The molecule has 0 saturated carbocycles. The minimum Gasteiger partial charge on any atom is -0.494 e. The lowest BCUT2D eigenvalue weighted by molar-refractivity contribution is 0.346. The van der Waals surface area contributed by atoms with Crippen LogP contribution in [0.4, 0.5) is 5.69 Å². The summed E-state index contributed by atoms with van der Waals surface area (Å²) in [6.45, 7) is 0. The molecule has 0 spiro atoms. The van der Waals surface area contributed by atoms with Crippen LogP contribution in [-0.4, -0.2) is 21.3 Å². The first kappa shape index (κ1) is 13.9. The quantitative estimate of drug-likeness (QED) is 0.849. The number of rotatable bonds is 5. The van der Waals surface area contributed by atoms with Gasteiger partial charge in [-0.05, 0) is 24.3 Å². The molecular formula is C15H17NO4. The Balaban J connectivity index is 2.44. The van der Waals surface area contributed by atoms with Gasteiger partial charge in [0.25, 0.3) is 0 Å². The van der Waals surface area contributed by atoms with Gasteiger partial charge < -0.3 is 24.7 Å². The van der Waals surface area contributed by atoms with E-state index in [0.29, 0.717) is 34.4 Å². The Morgan fingerprint density at radius 3 is 1.65 bits per heavy atom. The van der Waals surface area contributed by atoms with E-state index < -0.39 is 0 Å². The van der Waals surface area contributed by atoms with Crippen LogP contribution in [0.15, 0.2) is 36.4 Å². The summed E-state index contributed by atoms with van der Waals surface area (Å²) in [7, 11) is 4.69. The summed E-state index contributed by atoms with van der Waals surface area (Å²) in [6, 6.07) is 10.7. The molecule has 0 aliphatic heterocycles. The molecule has 5 heteroatoms. The van der Waals surface area contributed by atoms with E-state index in [-0.39, 0.29) is 0 Å². The standard InChI is InChI=1S/C15H17NO4/c1-17-10-6-4-7-11(14(10)16)20-15-12(18-2)8-5-9-13(15)19-3/h4-9H,16H2,1-3H3. The van der Waals surface area contributed by atoms with Gasteiger partial charge >= 0.3 is 0 Å². The lowest BCUT2D eigenvalue weighted by Crippen LogP contribution is -1.98. The SMILES string of the molecule is COc1cccc(Oc2c(OC)cccc2OC)c1N. The molecule has 2 aromatic carbocycles. The van der Waals surface area contributed by atoms with Crippen molar-refractivity contribution < 1.29 is 18.9 Å². The average Bonchev–Trinajstić information content (AvgIpc) is 2.49. The van der Waals surface area contributed by atoms with Crippen molar-refractivity contribution in [2.75, 3.05) is 27.1 Å². The van der Waals surface area contributed by atoms with E-state index in [1.165, 1.54) is 0 Å². The van der Waals surface area contributed by atoms with Crippen molar-refractivity contribution in [2.45, 2.75) is 0 Å². The van der Waals surface area contributed by atoms with E-state index in [1.807, 2.05) is 6.07 Å². The maximum Gasteiger partial charge on any atom is 0.211 e. The van der Waals surface area contributed by atoms with Gasteiger partial charge in [-0.3, -0.25) is 0 Å². The molecule has 0 aliphatic carbocycles. The Morgan fingerprint density at radius 1 is 0.700 bits per heavy atom. The monoisotopic (exact) mass is 275 g/mol. The van der Waals surface area contributed by atoms with Gasteiger partial charge in [-0.1, -0.05) is 12.1 Å². The van der Waals surface area contributed by atoms with Crippen LogP contribution in [0, 0.1) is 0 Å². The molecule has 0 fully saturated rings. The van der Waals surface area contributed by atoms with Crippen LogP contribution in [0.5, 0.6) is 28.7 Å². The maximum absolute atomic E-state index is 5.99. The van der Waals surface area contributed by atoms with E-state index in [0.717, 1.165) is 0 Å². The van der Waals surface area contributed by atoms with Crippen molar-refractivity contribution >= 4 is 5.69 Å². The third-order valence-corrected chi connectivity index (χ3v) is 2.84. The minimum atomic E-state index is 0.419. The number of ether oxygens (including phenoxy) is 4. The summed E-state index contributed by atoms with van der Waals surface area (Å²) in [5, 5.41) is 0. The fourth-order valence-electron chi connectivity index (χ4n) is 1.82. The molecule has 0 saturated heterocycles. The van der Waals surface area contributed by atoms with Crippen molar-refractivity contribution in [3.05, 3.63) is 36.4 Å². The second-order valence-electron chi connectivity index (χ2n) is 3.97. The summed E-state index contributed by atoms with van der Waals surface area (Å²) in [5.41, 5.74) is 6.41. The molecular weight excluding hydrogens is 258 g/mol. The molecule has 0 aromatic heterocycles. The molecule has 0 radical (unpaired) electrons. The Kier molecular flexibility index (Phi) is 4.20. The van der Waals surface area contributed by atoms with Crippen LogP contribution in [0.3, 0.4) is 0 Å². The van der Waals surface area contributed by atoms with Crippen LogP contribution >= 0.6 is 0 Å². The highest BCUT2D eigenvalue weighted by atomic mass is 16.5. The Bertz CT molecular complexity index is 576. The number of anilines is 1. The van der Waals surface area contributed by atoms with Gasteiger partial charge in [0.1, 0.15) is 11.4 Å². The number of nitrogen functional groups attached to an aromatic ring is 1. The molecule has 2 rings (SSSR count). The predicted molar refractivity (Wildman–Crippen MR) is 77.0 cm³/mol. The van der Waals surface area contributed by atoms with Crippen molar-refractivity contribution in [2.24, 2.45) is 0 Å². The zero-order valence-corrected chi connectivity index (χ0v) is 11.7. The zero-order chi connectivity index (χ0) is 14.5. The Labute approximate surface area is 117 Å². The van der Waals surface area contributed by atoms with Crippen molar-refractivity contribution in [3.63, 3.8) is 0 Å². The van der Waals surface area contributed by atoms with Crippen molar-refractivity contribution in [1.82, 2.24) is 0 Å². The highest BCUT2D eigenvalue weighted by Crippen LogP contribution is 2.42. The molecule has 20 heavy (non-hydrogen) atoms. The zero-order valence-electron chi connectivity index (χ0n) is 11.7. The van der Waals surface area contributed by atoms with E-state index >= 15 is 0 Å². The third-order valence-electron chi connectivity index (χ3n) is 2.84. The van der Waals surface area contributed by atoms with Gasteiger partial charge in [-0.2, -0.15) is 0 Å². The highest BCUT2D eigenvalue weighted by molar-refractivity contribution is 5.65. The van der Waals surface area contributed by atoms with E-state index in [2.05, 4.69) is 0 Å². The molecule has 0 unspecified atom stereocenters. The van der Waals surface area contributed by atoms with Crippen LogP contribution in [0.1, 0.15) is 0 Å². The molecule has 106 valence electrons. The maximum atomic E-state index is 5.99. The summed E-state index contributed by atoms with van der Waals surface area (Å²) in [4.78, 5) is 0. The van der Waals surface area contributed by atoms with Gasteiger partial charge in [0.15, 0.2) is 17.2 Å². The number of hydrogen-bond acceptors (Lipinski definition) is 5. The first-order valence-electron chi connectivity index (χ1n) is 6.02. The van der Waals surface area contributed by atoms with Gasteiger partial charge in [0.05, 0.1) is 21.3 Å². The molecule has 0 heterocycles. The molecule has 0 aliphatic rings. The van der Waals surface area contributed by atoms with Crippen LogP contribution in [0.2, 0.25) is 0 Å². The van der Waals surface area contributed by atoms with E-state index in [1.54, 1.807) is 51.7 Å². The molecule has 2 aromatic rings. The van der Waals surface area contributed by atoms with Crippen molar-refractivity contribution in [3.8, 4) is 28.7 Å². The second-order valence-corrected chi connectivity index (χ2v) is 3.97. The largest absolute Gasteiger partial charge is 0.494 e. The first-order chi connectivity index (χ1) is 9.71. The summed E-state index contributed by atoms with van der Waals surface area (Å²) >= 11 is 0. The third kappa shape index (κ3) is 2.56. The normalized spacial score (nSPS) is 9.95. The number of nitrogens with two attached hydrogens (primary N) is 1. The summed E-state index contributed by atoms with van der Waals surface area (Å²) in [5.74, 6) is 2.62. The Morgan fingerprint density at radius 2 is 1.15 bits per heavy atom. The molecule has 0 bridgehead atoms. The van der Waals surface area contributed by atoms with E-state index in [9.17, 15) is 0 Å². The summed E-state index contributed by atoms with van der Waals surface area (Å²) < 4.78 is 21.6.